The molecular weight excluding hydrogens is 349 g/mol. The largest absolute Gasteiger partial charge is 0.397 e. The summed E-state index contributed by atoms with van der Waals surface area (Å²) >= 11 is 1.34. The summed E-state index contributed by atoms with van der Waals surface area (Å²) in [5.74, 6) is -0.510. The number of thiophene rings is 1. The van der Waals surface area contributed by atoms with Gasteiger partial charge in [-0.15, -0.1) is 11.3 Å². The van der Waals surface area contributed by atoms with Crippen molar-refractivity contribution < 1.29 is 9.18 Å². The van der Waals surface area contributed by atoms with E-state index in [1.807, 2.05) is 0 Å². The minimum atomic E-state index is -0.292. The highest BCUT2D eigenvalue weighted by atomic mass is 32.1. The lowest BCUT2D eigenvalue weighted by molar-refractivity contribution is 0.0956. The number of nitrogens with one attached hydrogen (secondary N) is 1. The molecule has 0 atom stereocenters. The van der Waals surface area contributed by atoms with Crippen molar-refractivity contribution in [2.45, 2.75) is 38.6 Å². The topological polar surface area (TPSA) is 68.0 Å². The molecule has 26 heavy (non-hydrogen) atoms. The maximum atomic E-state index is 13.0. The highest BCUT2D eigenvalue weighted by Crippen LogP contribution is 2.35. The minimum absolute atomic E-state index is 0.218. The molecule has 2 heterocycles. The van der Waals surface area contributed by atoms with E-state index in [0.29, 0.717) is 17.1 Å². The standard InChI is InChI=1S/C20H20FN3OS/c21-14-8-6-12(7-9-14)11-23-19(25)18-17(22)15-10-13-4-2-1-3-5-16(13)24-20(15)26-18/h6-10H,1-5,11,22H2,(H,23,25). The van der Waals surface area contributed by atoms with Gasteiger partial charge in [-0.2, -0.15) is 0 Å². The van der Waals surface area contributed by atoms with E-state index >= 15 is 0 Å². The molecule has 1 amide bonds. The molecule has 2 aromatic heterocycles. The van der Waals surface area contributed by atoms with Gasteiger partial charge in [0.2, 0.25) is 0 Å². The number of pyridine rings is 1. The number of anilines is 1. The molecule has 134 valence electrons. The molecule has 0 spiro atoms. The fourth-order valence-electron chi connectivity index (χ4n) is 3.37. The van der Waals surface area contributed by atoms with Crippen LogP contribution in [0.25, 0.3) is 10.2 Å². The van der Waals surface area contributed by atoms with Crippen molar-refractivity contribution in [3.63, 3.8) is 0 Å². The zero-order valence-corrected chi connectivity index (χ0v) is 15.2. The van der Waals surface area contributed by atoms with Crippen molar-refractivity contribution in [2.24, 2.45) is 0 Å². The second-order valence-electron chi connectivity index (χ2n) is 6.66. The number of amides is 1. The highest BCUT2D eigenvalue weighted by Gasteiger charge is 2.20. The monoisotopic (exact) mass is 369 g/mol. The summed E-state index contributed by atoms with van der Waals surface area (Å²) in [6.07, 6.45) is 5.60. The van der Waals surface area contributed by atoms with Gasteiger partial charge < -0.3 is 11.1 Å². The average Bonchev–Trinajstić information content (AvgIpc) is 2.82. The Labute approximate surface area is 155 Å². The zero-order chi connectivity index (χ0) is 18.1. The van der Waals surface area contributed by atoms with Gasteiger partial charge in [0, 0.05) is 17.6 Å². The Bertz CT molecular complexity index is 965. The van der Waals surface area contributed by atoms with Crippen LogP contribution in [0.1, 0.15) is 45.8 Å². The quantitative estimate of drug-likeness (QED) is 0.679. The van der Waals surface area contributed by atoms with Crippen LogP contribution in [0.2, 0.25) is 0 Å². The van der Waals surface area contributed by atoms with Crippen LogP contribution in [0.5, 0.6) is 0 Å². The number of hydrogen-bond acceptors (Lipinski definition) is 4. The van der Waals surface area contributed by atoms with E-state index in [1.165, 1.54) is 41.9 Å². The molecule has 0 bridgehead atoms. The lowest BCUT2D eigenvalue weighted by Gasteiger charge is -2.05. The smallest absolute Gasteiger partial charge is 0.263 e. The number of aryl methyl sites for hydroxylation is 2. The van der Waals surface area contributed by atoms with Crippen molar-refractivity contribution >= 4 is 33.1 Å². The second kappa shape index (κ2) is 7.03. The molecule has 0 fully saturated rings. The van der Waals surface area contributed by atoms with E-state index < -0.39 is 0 Å². The zero-order valence-electron chi connectivity index (χ0n) is 14.3. The number of nitrogens with zero attached hydrogens (tertiary/aromatic N) is 1. The number of hydrogen-bond donors (Lipinski definition) is 2. The first kappa shape index (κ1) is 17.0. The number of benzene rings is 1. The highest BCUT2D eigenvalue weighted by molar-refractivity contribution is 7.21. The Hall–Kier alpha value is -2.47. The van der Waals surface area contributed by atoms with Crippen LogP contribution in [-0.2, 0) is 19.4 Å². The molecule has 0 aliphatic heterocycles. The number of nitrogens with two attached hydrogens (primary N) is 1. The summed E-state index contributed by atoms with van der Waals surface area (Å²) in [7, 11) is 0. The Morgan fingerprint density at radius 2 is 1.96 bits per heavy atom. The van der Waals surface area contributed by atoms with Gasteiger partial charge in [-0.25, -0.2) is 9.37 Å². The van der Waals surface area contributed by atoms with E-state index in [-0.39, 0.29) is 11.7 Å². The second-order valence-corrected chi connectivity index (χ2v) is 7.66. The molecule has 1 aliphatic carbocycles. The molecular formula is C20H20FN3OS. The Kier molecular flexibility index (Phi) is 4.59. The molecule has 3 N–H and O–H groups in total. The summed E-state index contributed by atoms with van der Waals surface area (Å²) in [6, 6.07) is 8.19. The average molecular weight is 369 g/mol. The molecule has 0 saturated heterocycles. The Morgan fingerprint density at radius 3 is 2.77 bits per heavy atom. The first-order valence-electron chi connectivity index (χ1n) is 8.85. The van der Waals surface area contributed by atoms with E-state index in [9.17, 15) is 9.18 Å². The number of nitrogen functional groups attached to an aromatic ring is 1. The number of aromatic nitrogens is 1. The molecule has 0 saturated carbocycles. The van der Waals surface area contributed by atoms with E-state index in [0.717, 1.165) is 40.7 Å². The number of carbonyl (C=O) groups is 1. The van der Waals surface area contributed by atoms with Gasteiger partial charge in [-0.1, -0.05) is 18.6 Å². The molecule has 6 heteroatoms. The molecule has 1 aliphatic rings. The fraction of sp³-hybridized carbons (Fsp3) is 0.300. The van der Waals surface area contributed by atoms with Crippen LogP contribution in [0.3, 0.4) is 0 Å². The first-order chi connectivity index (χ1) is 12.6. The van der Waals surface area contributed by atoms with Crippen molar-refractivity contribution in [2.75, 3.05) is 5.73 Å². The Morgan fingerprint density at radius 1 is 1.19 bits per heavy atom. The van der Waals surface area contributed by atoms with E-state index in [4.69, 9.17) is 10.7 Å². The van der Waals surface area contributed by atoms with Gasteiger partial charge in [0.15, 0.2) is 0 Å². The third-order valence-electron chi connectivity index (χ3n) is 4.82. The summed E-state index contributed by atoms with van der Waals surface area (Å²) < 4.78 is 13.0. The van der Waals surface area contributed by atoms with Crippen LogP contribution in [-0.4, -0.2) is 10.9 Å². The molecule has 4 rings (SSSR count). The molecule has 0 unspecified atom stereocenters. The van der Waals surface area contributed by atoms with Crippen LogP contribution in [0.4, 0.5) is 10.1 Å². The predicted molar refractivity (Wildman–Crippen MR) is 103 cm³/mol. The fourth-order valence-corrected chi connectivity index (χ4v) is 4.38. The Balaban J connectivity index is 1.58. The summed E-state index contributed by atoms with van der Waals surface area (Å²) in [5.41, 5.74) is 10.0. The van der Waals surface area contributed by atoms with Gasteiger partial charge in [0.05, 0.1) is 5.69 Å². The van der Waals surface area contributed by atoms with Gasteiger partial charge in [0.25, 0.3) is 5.91 Å². The predicted octanol–water partition coefficient (Wildman–Crippen LogP) is 4.22. The van der Waals surface area contributed by atoms with Crippen molar-refractivity contribution in [1.29, 1.82) is 0 Å². The lowest BCUT2D eigenvalue weighted by Crippen LogP contribution is -2.22. The van der Waals surface area contributed by atoms with Gasteiger partial charge in [-0.3, -0.25) is 4.79 Å². The summed E-state index contributed by atoms with van der Waals surface area (Å²) in [4.78, 5) is 18.7. The third kappa shape index (κ3) is 3.29. The van der Waals surface area contributed by atoms with Crippen LogP contribution < -0.4 is 11.1 Å². The molecule has 4 nitrogen and oxygen atoms in total. The number of carbonyl (C=O) groups excluding carboxylic acids is 1. The van der Waals surface area contributed by atoms with Crippen molar-refractivity contribution in [1.82, 2.24) is 10.3 Å². The number of halogens is 1. The number of rotatable bonds is 3. The normalized spacial score (nSPS) is 14.0. The third-order valence-corrected chi connectivity index (χ3v) is 5.94. The maximum Gasteiger partial charge on any atom is 0.263 e. The van der Waals surface area contributed by atoms with Crippen LogP contribution in [0.15, 0.2) is 30.3 Å². The van der Waals surface area contributed by atoms with E-state index in [1.54, 1.807) is 12.1 Å². The molecule has 1 aromatic carbocycles. The molecule has 3 aromatic rings. The maximum absolute atomic E-state index is 13.0. The van der Waals surface area contributed by atoms with Gasteiger partial charge >= 0.3 is 0 Å². The van der Waals surface area contributed by atoms with Crippen LogP contribution >= 0.6 is 11.3 Å². The lowest BCUT2D eigenvalue weighted by atomic mass is 10.1. The van der Waals surface area contributed by atoms with Crippen LogP contribution in [0, 0.1) is 5.82 Å². The summed E-state index contributed by atoms with van der Waals surface area (Å²) in [5, 5.41) is 3.73. The minimum Gasteiger partial charge on any atom is -0.397 e. The molecule has 0 radical (unpaired) electrons. The SMILES string of the molecule is Nc1c(C(=O)NCc2ccc(F)cc2)sc2nc3c(cc12)CCCCC3. The number of fused-ring (bicyclic) bond motifs is 2. The van der Waals surface area contributed by atoms with Gasteiger partial charge in [0.1, 0.15) is 15.5 Å². The van der Waals surface area contributed by atoms with Gasteiger partial charge in [-0.05, 0) is 55.0 Å². The summed E-state index contributed by atoms with van der Waals surface area (Å²) in [6.45, 7) is 0.330. The van der Waals surface area contributed by atoms with E-state index in [2.05, 4.69) is 11.4 Å². The van der Waals surface area contributed by atoms with Crippen molar-refractivity contribution in [3.05, 3.63) is 57.8 Å². The first-order valence-corrected chi connectivity index (χ1v) is 9.67. The van der Waals surface area contributed by atoms with Crippen molar-refractivity contribution in [3.8, 4) is 0 Å².